The van der Waals surface area contributed by atoms with Crippen molar-refractivity contribution in [1.29, 1.82) is 0 Å². The summed E-state index contributed by atoms with van der Waals surface area (Å²) in [4.78, 5) is 12.0. The number of halogens is 1. The molecule has 0 fully saturated rings. The lowest BCUT2D eigenvalue weighted by Gasteiger charge is -2.26. The molecule has 0 radical (unpaired) electrons. The predicted octanol–water partition coefficient (Wildman–Crippen LogP) is 2.70. The average Bonchev–Trinajstić information content (AvgIpc) is 2.50. The van der Waals surface area contributed by atoms with E-state index in [1.807, 2.05) is 26.2 Å². The number of benzene rings is 1. The fraction of sp³-hybridized carbons (Fsp3) is 0.412. The summed E-state index contributed by atoms with van der Waals surface area (Å²) < 4.78 is 13.7. The molecule has 1 aromatic carbocycles. The molecule has 0 aliphatic rings. The summed E-state index contributed by atoms with van der Waals surface area (Å²) >= 11 is 0. The van der Waals surface area contributed by atoms with E-state index < -0.39 is 5.82 Å². The van der Waals surface area contributed by atoms with E-state index in [0.29, 0.717) is 12.5 Å². The predicted molar refractivity (Wildman–Crippen MR) is 92.4 cm³/mol. The smallest absolute Gasteiger partial charge is 0.224 e. The summed E-state index contributed by atoms with van der Waals surface area (Å²) in [5, 5.41) is 3.22. The first-order valence-electron chi connectivity index (χ1n) is 7.56. The third-order valence-electron chi connectivity index (χ3n) is 3.77. The van der Waals surface area contributed by atoms with Gasteiger partial charge < -0.3 is 15.1 Å². The van der Waals surface area contributed by atoms with Crippen LogP contribution in [0, 0.1) is 12.7 Å². The maximum atomic E-state index is 13.7. The number of likely N-dealkylation sites (N-methyl/N-ethyl adjacent to an activating group) is 1. The fourth-order valence-electron chi connectivity index (χ4n) is 2.48. The topological polar surface area (TPSA) is 44.3 Å². The Morgan fingerprint density at radius 1 is 1.17 bits per heavy atom. The second kappa shape index (κ2) is 7.37. The number of anilines is 2. The van der Waals surface area contributed by atoms with Gasteiger partial charge in [-0.3, -0.25) is 0 Å². The number of aryl methyl sites for hydroxylation is 1. The molecule has 0 aliphatic heterocycles. The van der Waals surface area contributed by atoms with E-state index in [-0.39, 0.29) is 11.9 Å². The first-order valence-corrected chi connectivity index (χ1v) is 7.56. The summed E-state index contributed by atoms with van der Waals surface area (Å²) in [6.07, 6.45) is 1.20. The molecular weight excluding hydrogens is 293 g/mol. The molecule has 1 unspecified atom stereocenters. The van der Waals surface area contributed by atoms with E-state index in [9.17, 15) is 4.39 Å². The molecule has 23 heavy (non-hydrogen) atoms. The molecule has 0 bridgehead atoms. The molecule has 124 valence electrons. The molecule has 5 nitrogen and oxygen atoms in total. The molecular formula is C17H24FN5. The zero-order valence-corrected chi connectivity index (χ0v) is 14.3. The lowest BCUT2D eigenvalue weighted by atomic mass is 10.0. The summed E-state index contributed by atoms with van der Waals surface area (Å²) in [5.74, 6) is 0.277. The first-order chi connectivity index (χ1) is 10.9. The Kier molecular flexibility index (Phi) is 5.50. The molecule has 6 heteroatoms. The van der Waals surface area contributed by atoms with Gasteiger partial charge >= 0.3 is 0 Å². The standard InChI is InChI=1S/C17H24FN5/c1-12-8-6-7-9-13(12)15(22(2)3)11-20-17-19-10-14(18)16(21-17)23(4)5/h6-10,15H,11H2,1-5H3,(H,19,20,21). The third kappa shape index (κ3) is 4.16. The minimum Gasteiger partial charge on any atom is -0.360 e. The van der Waals surface area contributed by atoms with Gasteiger partial charge in [-0.2, -0.15) is 4.98 Å². The van der Waals surface area contributed by atoms with Crippen molar-refractivity contribution in [3.05, 3.63) is 47.4 Å². The minimum absolute atomic E-state index is 0.174. The average molecular weight is 317 g/mol. The number of hydrogen-bond acceptors (Lipinski definition) is 5. The molecule has 0 aliphatic carbocycles. The number of hydrogen-bond donors (Lipinski definition) is 1. The van der Waals surface area contributed by atoms with Crippen molar-refractivity contribution < 1.29 is 4.39 Å². The van der Waals surface area contributed by atoms with Gasteiger partial charge in [0.15, 0.2) is 11.6 Å². The van der Waals surface area contributed by atoms with Gasteiger partial charge in [0.1, 0.15) is 0 Å². The van der Waals surface area contributed by atoms with Gasteiger partial charge in [-0.05, 0) is 32.1 Å². The van der Waals surface area contributed by atoms with E-state index in [1.54, 1.807) is 19.0 Å². The quantitative estimate of drug-likeness (QED) is 0.887. The highest BCUT2D eigenvalue weighted by Crippen LogP contribution is 2.22. The first kappa shape index (κ1) is 17.1. The van der Waals surface area contributed by atoms with Crippen LogP contribution >= 0.6 is 0 Å². The third-order valence-corrected chi connectivity index (χ3v) is 3.77. The van der Waals surface area contributed by atoms with Crippen LogP contribution in [0.5, 0.6) is 0 Å². The van der Waals surface area contributed by atoms with Gasteiger partial charge in [0, 0.05) is 20.6 Å². The largest absolute Gasteiger partial charge is 0.360 e. The zero-order valence-electron chi connectivity index (χ0n) is 14.3. The Labute approximate surface area is 137 Å². The molecule has 0 spiro atoms. The van der Waals surface area contributed by atoms with Gasteiger partial charge in [0.25, 0.3) is 0 Å². The van der Waals surface area contributed by atoms with Crippen LogP contribution in [-0.4, -0.2) is 49.6 Å². The van der Waals surface area contributed by atoms with Crippen molar-refractivity contribution in [2.24, 2.45) is 0 Å². The lowest BCUT2D eigenvalue weighted by Crippen LogP contribution is -2.28. The summed E-state index contributed by atoms with van der Waals surface area (Å²) in [7, 11) is 7.58. The maximum absolute atomic E-state index is 13.7. The van der Waals surface area contributed by atoms with Crippen LogP contribution in [0.25, 0.3) is 0 Å². The normalized spacial score (nSPS) is 12.3. The molecule has 1 N–H and O–H groups in total. The summed E-state index contributed by atoms with van der Waals surface area (Å²) in [6, 6.07) is 8.47. The molecule has 0 saturated heterocycles. The SMILES string of the molecule is Cc1ccccc1C(CNc1ncc(F)c(N(C)C)n1)N(C)C. The highest BCUT2D eigenvalue weighted by atomic mass is 19.1. The molecule has 2 aromatic rings. The van der Waals surface area contributed by atoms with E-state index in [2.05, 4.69) is 39.2 Å². The number of rotatable bonds is 6. The van der Waals surface area contributed by atoms with Crippen LogP contribution in [0.15, 0.2) is 30.5 Å². The fourth-order valence-corrected chi connectivity index (χ4v) is 2.48. The van der Waals surface area contributed by atoms with Crippen LogP contribution in [0.3, 0.4) is 0 Å². The Morgan fingerprint density at radius 2 is 1.87 bits per heavy atom. The van der Waals surface area contributed by atoms with Crippen molar-refractivity contribution in [2.75, 3.05) is 45.0 Å². The zero-order chi connectivity index (χ0) is 17.0. The van der Waals surface area contributed by atoms with Crippen molar-refractivity contribution >= 4 is 11.8 Å². The summed E-state index contributed by atoms with van der Waals surface area (Å²) in [5.41, 5.74) is 2.49. The van der Waals surface area contributed by atoms with E-state index in [0.717, 1.165) is 0 Å². The van der Waals surface area contributed by atoms with E-state index >= 15 is 0 Å². The molecule has 1 heterocycles. The molecule has 1 aromatic heterocycles. The molecule has 0 saturated carbocycles. The van der Waals surface area contributed by atoms with Gasteiger partial charge in [-0.1, -0.05) is 24.3 Å². The van der Waals surface area contributed by atoms with Crippen molar-refractivity contribution in [3.8, 4) is 0 Å². The van der Waals surface area contributed by atoms with Crippen LogP contribution in [0.1, 0.15) is 17.2 Å². The minimum atomic E-state index is -0.427. The Bertz CT molecular complexity index is 657. The van der Waals surface area contributed by atoms with Crippen LogP contribution in [-0.2, 0) is 0 Å². The van der Waals surface area contributed by atoms with Crippen LogP contribution in [0.2, 0.25) is 0 Å². The van der Waals surface area contributed by atoms with Crippen molar-refractivity contribution in [2.45, 2.75) is 13.0 Å². The second-order valence-corrected chi connectivity index (χ2v) is 5.98. The lowest BCUT2D eigenvalue weighted by molar-refractivity contribution is 0.310. The van der Waals surface area contributed by atoms with Crippen LogP contribution in [0.4, 0.5) is 16.2 Å². The number of nitrogens with zero attached hydrogens (tertiary/aromatic N) is 4. The Hall–Kier alpha value is -2.21. The van der Waals surface area contributed by atoms with E-state index in [1.165, 1.54) is 17.3 Å². The van der Waals surface area contributed by atoms with Crippen molar-refractivity contribution in [1.82, 2.24) is 14.9 Å². The highest BCUT2D eigenvalue weighted by Gasteiger charge is 2.17. The number of nitrogens with one attached hydrogen (secondary N) is 1. The van der Waals surface area contributed by atoms with E-state index in [4.69, 9.17) is 0 Å². The van der Waals surface area contributed by atoms with Gasteiger partial charge in [-0.25, -0.2) is 9.37 Å². The van der Waals surface area contributed by atoms with Gasteiger partial charge in [0.2, 0.25) is 5.95 Å². The maximum Gasteiger partial charge on any atom is 0.224 e. The van der Waals surface area contributed by atoms with Gasteiger partial charge in [-0.15, -0.1) is 0 Å². The summed E-state index contributed by atoms with van der Waals surface area (Å²) in [6.45, 7) is 2.74. The molecule has 0 amide bonds. The monoisotopic (exact) mass is 317 g/mol. The molecule has 1 atom stereocenters. The Balaban J connectivity index is 2.17. The Morgan fingerprint density at radius 3 is 2.48 bits per heavy atom. The number of aromatic nitrogens is 2. The van der Waals surface area contributed by atoms with Gasteiger partial charge in [0.05, 0.1) is 12.2 Å². The highest BCUT2D eigenvalue weighted by molar-refractivity contribution is 5.42. The van der Waals surface area contributed by atoms with Crippen molar-refractivity contribution in [3.63, 3.8) is 0 Å². The van der Waals surface area contributed by atoms with Crippen LogP contribution < -0.4 is 10.2 Å². The molecule has 2 rings (SSSR count). The second-order valence-electron chi connectivity index (χ2n) is 5.98.